The monoisotopic (exact) mass is 271 g/mol. The van der Waals surface area contributed by atoms with Crippen molar-refractivity contribution in [3.05, 3.63) is 21.9 Å². The van der Waals surface area contributed by atoms with Gasteiger partial charge in [0.25, 0.3) is 5.91 Å². The van der Waals surface area contributed by atoms with Gasteiger partial charge in [0.15, 0.2) is 0 Å². The zero-order valence-corrected chi connectivity index (χ0v) is 11.2. The molecule has 0 aliphatic carbocycles. The highest BCUT2D eigenvalue weighted by molar-refractivity contribution is 7.15. The highest BCUT2D eigenvalue weighted by Gasteiger charge is 2.21. The Labute approximate surface area is 109 Å². The summed E-state index contributed by atoms with van der Waals surface area (Å²) in [5.74, 6) is -1.40. The van der Waals surface area contributed by atoms with Crippen LogP contribution >= 0.6 is 11.3 Å². The van der Waals surface area contributed by atoms with E-state index in [9.17, 15) is 14.7 Å². The van der Waals surface area contributed by atoms with Crippen molar-refractivity contribution in [2.75, 3.05) is 6.54 Å². The number of amides is 1. The maximum absolute atomic E-state index is 11.7. The van der Waals surface area contributed by atoms with Crippen molar-refractivity contribution < 1.29 is 19.8 Å². The van der Waals surface area contributed by atoms with Gasteiger partial charge in [-0.05, 0) is 25.5 Å². The normalized spacial score (nSPS) is 13.9. The van der Waals surface area contributed by atoms with Crippen molar-refractivity contribution in [1.29, 1.82) is 0 Å². The van der Waals surface area contributed by atoms with Gasteiger partial charge >= 0.3 is 5.97 Å². The van der Waals surface area contributed by atoms with Crippen LogP contribution in [0.2, 0.25) is 0 Å². The average molecular weight is 271 g/mol. The lowest BCUT2D eigenvalue weighted by atomic mass is 10.0. The summed E-state index contributed by atoms with van der Waals surface area (Å²) >= 11 is 0.920. The molecule has 0 saturated carbocycles. The van der Waals surface area contributed by atoms with Crippen LogP contribution in [0.4, 0.5) is 0 Å². The molecule has 5 nitrogen and oxygen atoms in total. The summed E-state index contributed by atoms with van der Waals surface area (Å²) in [4.78, 5) is 22.9. The fourth-order valence-corrected chi connectivity index (χ4v) is 2.32. The highest BCUT2D eigenvalue weighted by atomic mass is 32.1. The van der Waals surface area contributed by atoms with Gasteiger partial charge in [-0.2, -0.15) is 0 Å². The molecule has 1 aromatic rings. The minimum Gasteiger partial charge on any atom is -0.477 e. The van der Waals surface area contributed by atoms with Crippen LogP contribution in [0, 0.1) is 0 Å². The summed E-state index contributed by atoms with van der Waals surface area (Å²) in [5.41, 5.74) is -0.933. The second-order valence-corrected chi connectivity index (χ2v) is 5.48. The number of hydrogen-bond donors (Lipinski definition) is 3. The van der Waals surface area contributed by atoms with Gasteiger partial charge in [0.05, 0.1) is 10.5 Å². The van der Waals surface area contributed by atoms with E-state index in [2.05, 4.69) is 5.32 Å². The maximum atomic E-state index is 11.7. The molecular weight excluding hydrogens is 254 g/mol. The first-order valence-electron chi connectivity index (χ1n) is 5.69. The van der Waals surface area contributed by atoms with E-state index in [4.69, 9.17) is 5.11 Å². The topological polar surface area (TPSA) is 86.6 Å². The zero-order valence-electron chi connectivity index (χ0n) is 10.4. The van der Waals surface area contributed by atoms with Crippen molar-refractivity contribution in [3.63, 3.8) is 0 Å². The van der Waals surface area contributed by atoms with Crippen LogP contribution in [-0.2, 0) is 0 Å². The van der Waals surface area contributed by atoms with Crippen LogP contribution in [0.5, 0.6) is 0 Å². The number of nitrogens with one attached hydrogen (secondary N) is 1. The zero-order chi connectivity index (χ0) is 13.8. The summed E-state index contributed by atoms with van der Waals surface area (Å²) in [5, 5.41) is 21.3. The smallest absolute Gasteiger partial charge is 0.345 e. The Bertz CT molecular complexity index is 439. The molecule has 1 heterocycles. The van der Waals surface area contributed by atoms with Gasteiger partial charge in [0.1, 0.15) is 4.88 Å². The molecule has 0 aliphatic heterocycles. The van der Waals surface area contributed by atoms with Gasteiger partial charge in [-0.25, -0.2) is 4.79 Å². The Balaban J connectivity index is 2.57. The van der Waals surface area contributed by atoms with Gasteiger partial charge in [-0.3, -0.25) is 4.79 Å². The molecule has 0 aromatic carbocycles. The van der Waals surface area contributed by atoms with E-state index in [0.29, 0.717) is 11.3 Å². The predicted molar refractivity (Wildman–Crippen MR) is 69.1 cm³/mol. The van der Waals surface area contributed by atoms with E-state index in [1.54, 1.807) is 6.92 Å². The second-order valence-electron chi connectivity index (χ2n) is 4.40. The number of carbonyl (C=O) groups excluding carboxylic acids is 1. The molecule has 0 bridgehead atoms. The third kappa shape index (κ3) is 4.12. The minimum absolute atomic E-state index is 0.125. The molecule has 1 unspecified atom stereocenters. The molecular formula is C12H17NO4S. The van der Waals surface area contributed by atoms with Crippen molar-refractivity contribution in [2.24, 2.45) is 0 Å². The standard InChI is InChI=1S/C12H17NO4S/c1-3-6-12(2,17)7-13-10(14)8-4-5-9(18-8)11(15)16/h4-5,17H,3,6-7H2,1-2H3,(H,13,14)(H,15,16). The van der Waals surface area contributed by atoms with Crippen LogP contribution in [0.1, 0.15) is 46.0 Å². The van der Waals surface area contributed by atoms with Gasteiger partial charge < -0.3 is 15.5 Å². The van der Waals surface area contributed by atoms with E-state index in [1.807, 2.05) is 6.92 Å². The van der Waals surface area contributed by atoms with Crippen LogP contribution in [0.15, 0.2) is 12.1 Å². The van der Waals surface area contributed by atoms with Crippen LogP contribution in [0.3, 0.4) is 0 Å². The van der Waals surface area contributed by atoms with Gasteiger partial charge in [0.2, 0.25) is 0 Å². The number of rotatable bonds is 6. The first-order valence-corrected chi connectivity index (χ1v) is 6.51. The Morgan fingerprint density at radius 2 is 2.00 bits per heavy atom. The number of thiophene rings is 1. The lowest BCUT2D eigenvalue weighted by Gasteiger charge is -2.22. The largest absolute Gasteiger partial charge is 0.477 e. The van der Waals surface area contributed by atoms with E-state index in [-0.39, 0.29) is 17.3 Å². The van der Waals surface area contributed by atoms with Crippen LogP contribution in [-0.4, -0.2) is 34.2 Å². The molecule has 100 valence electrons. The minimum atomic E-state index is -1.04. The van der Waals surface area contributed by atoms with Crippen molar-refractivity contribution in [1.82, 2.24) is 5.32 Å². The first kappa shape index (κ1) is 14.7. The summed E-state index contributed by atoms with van der Waals surface area (Å²) in [6.45, 7) is 3.77. The number of carboxylic acid groups (broad SMARTS) is 1. The number of carbonyl (C=O) groups is 2. The van der Waals surface area contributed by atoms with Gasteiger partial charge in [-0.1, -0.05) is 13.3 Å². The highest BCUT2D eigenvalue weighted by Crippen LogP contribution is 2.17. The van der Waals surface area contributed by atoms with Crippen molar-refractivity contribution in [2.45, 2.75) is 32.3 Å². The van der Waals surface area contributed by atoms with Crippen molar-refractivity contribution >= 4 is 23.2 Å². The molecule has 0 saturated heterocycles. The molecule has 0 fully saturated rings. The molecule has 3 N–H and O–H groups in total. The quantitative estimate of drug-likeness (QED) is 0.735. The van der Waals surface area contributed by atoms with E-state index < -0.39 is 11.6 Å². The molecule has 0 aliphatic rings. The fourth-order valence-electron chi connectivity index (χ4n) is 1.56. The molecule has 18 heavy (non-hydrogen) atoms. The maximum Gasteiger partial charge on any atom is 0.345 e. The number of aliphatic hydroxyl groups is 1. The lowest BCUT2D eigenvalue weighted by Crippen LogP contribution is -2.40. The van der Waals surface area contributed by atoms with Crippen LogP contribution in [0.25, 0.3) is 0 Å². The molecule has 1 amide bonds. The van der Waals surface area contributed by atoms with Crippen molar-refractivity contribution in [3.8, 4) is 0 Å². The van der Waals surface area contributed by atoms with Crippen LogP contribution < -0.4 is 5.32 Å². The first-order chi connectivity index (χ1) is 8.35. The second kappa shape index (κ2) is 5.97. The molecule has 1 rings (SSSR count). The lowest BCUT2D eigenvalue weighted by molar-refractivity contribution is 0.0470. The average Bonchev–Trinajstić information content (AvgIpc) is 2.75. The SMILES string of the molecule is CCCC(C)(O)CNC(=O)c1ccc(C(=O)O)s1. The Morgan fingerprint density at radius 3 is 2.50 bits per heavy atom. The predicted octanol–water partition coefficient (Wildman–Crippen LogP) is 1.73. The number of carboxylic acids is 1. The fraction of sp³-hybridized carbons (Fsp3) is 0.500. The number of hydrogen-bond acceptors (Lipinski definition) is 4. The Morgan fingerprint density at radius 1 is 1.39 bits per heavy atom. The number of aromatic carboxylic acids is 1. The van der Waals surface area contributed by atoms with E-state index in [0.717, 1.165) is 17.8 Å². The third-order valence-electron chi connectivity index (χ3n) is 2.46. The van der Waals surface area contributed by atoms with E-state index in [1.165, 1.54) is 12.1 Å². The summed E-state index contributed by atoms with van der Waals surface area (Å²) in [6, 6.07) is 2.87. The van der Waals surface area contributed by atoms with Gasteiger partial charge in [-0.15, -0.1) is 11.3 Å². The van der Waals surface area contributed by atoms with Gasteiger partial charge in [0, 0.05) is 6.54 Å². The molecule has 6 heteroatoms. The molecule has 1 aromatic heterocycles. The third-order valence-corrected chi connectivity index (χ3v) is 3.53. The Hall–Kier alpha value is -1.40. The molecule has 0 spiro atoms. The molecule has 0 radical (unpaired) electrons. The summed E-state index contributed by atoms with van der Waals surface area (Å²) < 4.78 is 0. The van der Waals surface area contributed by atoms with E-state index >= 15 is 0 Å². The summed E-state index contributed by atoms with van der Waals surface area (Å²) in [6.07, 6.45) is 1.42. The molecule has 1 atom stereocenters. The Kier molecular flexibility index (Phi) is 4.86. The summed E-state index contributed by atoms with van der Waals surface area (Å²) in [7, 11) is 0.